The van der Waals surface area contributed by atoms with Gasteiger partial charge in [0.05, 0.1) is 17.4 Å². The van der Waals surface area contributed by atoms with Gasteiger partial charge in [-0.05, 0) is 53.9 Å². The number of pyridine rings is 1. The fourth-order valence-electron chi connectivity index (χ4n) is 2.26. The Morgan fingerprint density at radius 1 is 1.67 bits per heavy atom. The number of aromatic nitrogens is 1. The normalized spacial score (nSPS) is 20.7. The van der Waals surface area contributed by atoms with Crippen LogP contribution in [0.15, 0.2) is 16.6 Å². The summed E-state index contributed by atoms with van der Waals surface area (Å²) in [7, 11) is 0. The number of rotatable bonds is 3. The zero-order valence-electron chi connectivity index (χ0n) is 10.1. The molecule has 18 heavy (non-hydrogen) atoms. The summed E-state index contributed by atoms with van der Waals surface area (Å²) in [4.78, 5) is 15.4. The van der Waals surface area contributed by atoms with Crippen molar-refractivity contribution in [2.45, 2.75) is 19.4 Å². The van der Waals surface area contributed by atoms with Gasteiger partial charge in [0.15, 0.2) is 0 Å². The Bertz CT molecular complexity index is 447. The summed E-state index contributed by atoms with van der Waals surface area (Å²) in [6, 6.07) is 3.54. The topological polar surface area (TPSA) is 74.2 Å². The van der Waals surface area contributed by atoms with Gasteiger partial charge in [0.2, 0.25) is 0 Å². The van der Waals surface area contributed by atoms with E-state index in [1.165, 1.54) is 0 Å². The zero-order chi connectivity index (χ0) is 13.1. The van der Waals surface area contributed by atoms with E-state index in [4.69, 9.17) is 5.11 Å². The Morgan fingerprint density at radius 3 is 3.00 bits per heavy atom. The number of nitrogens with one attached hydrogen (secondary N) is 2. The number of hydrogen-bond acceptors (Lipinski definition) is 3. The average Bonchev–Trinajstić information content (AvgIpc) is 2.83. The van der Waals surface area contributed by atoms with Crippen LogP contribution in [0.2, 0.25) is 0 Å². The van der Waals surface area contributed by atoms with Crippen molar-refractivity contribution in [1.82, 2.24) is 15.6 Å². The molecule has 0 radical (unpaired) electrons. The van der Waals surface area contributed by atoms with Gasteiger partial charge in [-0.1, -0.05) is 0 Å². The van der Waals surface area contributed by atoms with Crippen LogP contribution in [0.5, 0.6) is 0 Å². The maximum Gasteiger partial charge on any atom is 0.405 e. The molecule has 2 unspecified atom stereocenters. The number of halogens is 1. The van der Waals surface area contributed by atoms with Crippen LogP contribution in [0.1, 0.15) is 23.9 Å². The van der Waals surface area contributed by atoms with E-state index < -0.39 is 6.09 Å². The molecule has 1 aromatic heterocycles. The second-order valence-electron chi connectivity index (χ2n) is 4.48. The van der Waals surface area contributed by atoms with Crippen LogP contribution in [-0.4, -0.2) is 29.3 Å². The van der Waals surface area contributed by atoms with Crippen LogP contribution >= 0.6 is 15.9 Å². The number of nitrogens with zero attached hydrogens (tertiary/aromatic N) is 1. The van der Waals surface area contributed by atoms with Crippen molar-refractivity contribution in [2.75, 3.05) is 13.1 Å². The first kappa shape index (κ1) is 13.3. The molecule has 2 heterocycles. The molecule has 0 spiro atoms. The van der Waals surface area contributed by atoms with E-state index in [9.17, 15) is 4.79 Å². The molecule has 0 saturated carbocycles. The van der Waals surface area contributed by atoms with Crippen molar-refractivity contribution < 1.29 is 9.90 Å². The largest absolute Gasteiger partial charge is 0.465 e. The zero-order valence-corrected chi connectivity index (χ0v) is 11.7. The van der Waals surface area contributed by atoms with Gasteiger partial charge in [0.1, 0.15) is 0 Å². The highest BCUT2D eigenvalue weighted by Gasteiger charge is 2.28. The molecule has 1 fully saturated rings. The summed E-state index contributed by atoms with van der Waals surface area (Å²) in [5.74, 6) is 0.258. The predicted octanol–water partition coefficient (Wildman–Crippen LogP) is 2.07. The monoisotopic (exact) mass is 313 g/mol. The Balaban J connectivity index is 2.26. The first-order valence-corrected chi connectivity index (χ1v) is 6.70. The molecule has 98 valence electrons. The standard InChI is InChI=1S/C12H16BrN3O2/c1-7-9(13)2-3-10(15-7)11(16-12(17)18)8-4-5-14-6-8/h2-3,8,11,14,16H,4-6H2,1H3,(H,17,18). The Morgan fingerprint density at radius 2 is 2.44 bits per heavy atom. The fraction of sp³-hybridized carbons (Fsp3) is 0.500. The van der Waals surface area contributed by atoms with Crippen LogP contribution in [0.25, 0.3) is 0 Å². The summed E-state index contributed by atoms with van der Waals surface area (Å²) in [5, 5.41) is 14.8. The summed E-state index contributed by atoms with van der Waals surface area (Å²) in [6.07, 6.45) is -0.0452. The molecule has 1 saturated heterocycles. The molecule has 0 bridgehead atoms. The van der Waals surface area contributed by atoms with E-state index >= 15 is 0 Å². The number of carboxylic acid groups (broad SMARTS) is 1. The maximum atomic E-state index is 10.9. The van der Waals surface area contributed by atoms with Gasteiger partial charge in [0, 0.05) is 11.0 Å². The van der Waals surface area contributed by atoms with Crippen molar-refractivity contribution in [1.29, 1.82) is 0 Å². The molecule has 5 nitrogen and oxygen atoms in total. The molecule has 1 aliphatic rings. The van der Waals surface area contributed by atoms with Crippen LogP contribution in [0, 0.1) is 12.8 Å². The third-order valence-corrected chi connectivity index (χ3v) is 4.05. The first-order chi connectivity index (χ1) is 8.58. The van der Waals surface area contributed by atoms with Gasteiger partial charge in [-0.25, -0.2) is 4.79 Å². The minimum Gasteiger partial charge on any atom is -0.465 e. The molecule has 1 amide bonds. The lowest BCUT2D eigenvalue weighted by molar-refractivity contribution is 0.184. The highest BCUT2D eigenvalue weighted by Crippen LogP contribution is 2.27. The van der Waals surface area contributed by atoms with Crippen molar-refractivity contribution in [2.24, 2.45) is 5.92 Å². The number of amides is 1. The van der Waals surface area contributed by atoms with E-state index in [1.54, 1.807) is 0 Å². The minimum atomic E-state index is -1.01. The fourth-order valence-corrected chi connectivity index (χ4v) is 2.49. The van der Waals surface area contributed by atoms with Crippen molar-refractivity contribution in [3.63, 3.8) is 0 Å². The smallest absolute Gasteiger partial charge is 0.405 e. The molecule has 3 N–H and O–H groups in total. The minimum absolute atomic E-state index is 0.246. The highest BCUT2D eigenvalue weighted by atomic mass is 79.9. The van der Waals surface area contributed by atoms with Crippen LogP contribution in [0.4, 0.5) is 4.79 Å². The SMILES string of the molecule is Cc1nc(C(NC(=O)O)C2CCNC2)ccc1Br. The van der Waals surface area contributed by atoms with Gasteiger partial charge < -0.3 is 15.7 Å². The molecule has 2 atom stereocenters. The lowest BCUT2D eigenvalue weighted by Gasteiger charge is -2.22. The lowest BCUT2D eigenvalue weighted by atomic mass is 9.95. The van der Waals surface area contributed by atoms with Crippen molar-refractivity contribution in [3.8, 4) is 0 Å². The maximum absolute atomic E-state index is 10.9. The Kier molecular flexibility index (Phi) is 4.19. The van der Waals surface area contributed by atoms with Gasteiger partial charge in [0.25, 0.3) is 0 Å². The average molecular weight is 314 g/mol. The Labute approximate surface area is 114 Å². The van der Waals surface area contributed by atoms with Crippen LogP contribution in [-0.2, 0) is 0 Å². The van der Waals surface area contributed by atoms with Crippen molar-refractivity contribution in [3.05, 3.63) is 28.0 Å². The van der Waals surface area contributed by atoms with E-state index in [2.05, 4.69) is 31.5 Å². The molecular weight excluding hydrogens is 298 g/mol. The molecular formula is C12H16BrN3O2. The van der Waals surface area contributed by atoms with Gasteiger partial charge >= 0.3 is 6.09 Å². The van der Waals surface area contributed by atoms with E-state index in [1.807, 2.05) is 19.1 Å². The summed E-state index contributed by atoms with van der Waals surface area (Å²) < 4.78 is 0.935. The number of aryl methyl sites for hydroxylation is 1. The third-order valence-electron chi connectivity index (χ3n) is 3.21. The molecule has 6 heteroatoms. The van der Waals surface area contributed by atoms with E-state index in [-0.39, 0.29) is 12.0 Å². The van der Waals surface area contributed by atoms with E-state index in [0.29, 0.717) is 0 Å². The quantitative estimate of drug-likeness (QED) is 0.798. The number of carbonyl (C=O) groups is 1. The van der Waals surface area contributed by atoms with E-state index in [0.717, 1.165) is 35.4 Å². The van der Waals surface area contributed by atoms with Gasteiger partial charge in [-0.15, -0.1) is 0 Å². The van der Waals surface area contributed by atoms with Gasteiger partial charge in [-0.2, -0.15) is 0 Å². The predicted molar refractivity (Wildman–Crippen MR) is 71.6 cm³/mol. The van der Waals surface area contributed by atoms with Gasteiger partial charge in [-0.3, -0.25) is 4.98 Å². The summed E-state index contributed by atoms with van der Waals surface area (Å²) in [6.45, 7) is 3.65. The summed E-state index contributed by atoms with van der Waals surface area (Å²) >= 11 is 3.40. The molecule has 2 rings (SSSR count). The highest BCUT2D eigenvalue weighted by molar-refractivity contribution is 9.10. The molecule has 0 aliphatic carbocycles. The van der Waals surface area contributed by atoms with Crippen LogP contribution in [0.3, 0.4) is 0 Å². The third kappa shape index (κ3) is 3.00. The second kappa shape index (κ2) is 5.67. The van der Waals surface area contributed by atoms with Crippen molar-refractivity contribution >= 4 is 22.0 Å². The lowest BCUT2D eigenvalue weighted by Crippen LogP contribution is -2.34. The molecule has 1 aliphatic heterocycles. The summed E-state index contributed by atoms with van der Waals surface area (Å²) in [5.41, 5.74) is 1.66. The molecule has 0 aromatic carbocycles. The number of hydrogen-bond donors (Lipinski definition) is 3. The first-order valence-electron chi connectivity index (χ1n) is 5.91. The second-order valence-corrected chi connectivity index (χ2v) is 5.34. The Hall–Kier alpha value is -1.14. The molecule has 1 aromatic rings. The van der Waals surface area contributed by atoms with Crippen LogP contribution < -0.4 is 10.6 Å².